The minimum atomic E-state index is -0.481. The lowest BCUT2D eigenvalue weighted by Crippen LogP contribution is -2.30. The largest absolute Gasteiger partial charge is 0.494 e. The highest BCUT2D eigenvalue weighted by atomic mass is 16.6. The van der Waals surface area contributed by atoms with Gasteiger partial charge in [0.05, 0.1) is 23.4 Å². The van der Waals surface area contributed by atoms with Gasteiger partial charge in [-0.25, -0.2) is 9.78 Å². The maximum atomic E-state index is 12.4. The summed E-state index contributed by atoms with van der Waals surface area (Å²) in [7, 11) is 0. The van der Waals surface area contributed by atoms with Crippen molar-refractivity contribution in [3.05, 3.63) is 60.7 Å². The molecule has 1 aliphatic rings. The van der Waals surface area contributed by atoms with Gasteiger partial charge in [-0.05, 0) is 67.5 Å². The molecule has 1 unspecified atom stereocenters. The summed E-state index contributed by atoms with van der Waals surface area (Å²) in [4.78, 5) is 16.4. The van der Waals surface area contributed by atoms with E-state index < -0.39 is 6.09 Å². The van der Waals surface area contributed by atoms with Crippen LogP contribution in [-0.2, 0) is 11.3 Å². The molecule has 208 valence electrons. The Morgan fingerprint density at radius 1 is 1.20 bits per heavy atom. The smallest absolute Gasteiger partial charge is 0.411 e. The van der Waals surface area contributed by atoms with Gasteiger partial charge in [-0.3, -0.25) is 10.00 Å². The third-order valence-electron chi connectivity index (χ3n) is 7.70. The van der Waals surface area contributed by atoms with Crippen LogP contribution in [0, 0.1) is 16.7 Å². The lowest BCUT2D eigenvalue weighted by atomic mass is 9.90. The molecule has 0 saturated heterocycles. The fraction of sp³-hybridized carbons (Fsp3) is 0.419. The molecule has 1 saturated carbocycles. The molecule has 5 rings (SSSR count). The van der Waals surface area contributed by atoms with E-state index in [1.165, 1.54) is 12.7 Å². The Morgan fingerprint density at radius 2 is 1.98 bits per heavy atom. The highest BCUT2D eigenvalue weighted by molar-refractivity contribution is 5.96. The van der Waals surface area contributed by atoms with Crippen molar-refractivity contribution >= 4 is 22.7 Å². The van der Waals surface area contributed by atoms with Crippen LogP contribution in [-0.4, -0.2) is 38.1 Å². The van der Waals surface area contributed by atoms with Crippen LogP contribution in [0.15, 0.2) is 55.1 Å². The van der Waals surface area contributed by atoms with Crippen molar-refractivity contribution in [2.75, 3.05) is 11.9 Å². The van der Waals surface area contributed by atoms with Gasteiger partial charge in [-0.2, -0.15) is 10.4 Å². The molecule has 1 atom stereocenters. The van der Waals surface area contributed by atoms with Crippen molar-refractivity contribution in [1.82, 2.24) is 19.3 Å². The van der Waals surface area contributed by atoms with Crippen molar-refractivity contribution in [2.24, 2.45) is 5.41 Å². The van der Waals surface area contributed by atoms with E-state index in [0.29, 0.717) is 23.9 Å². The van der Waals surface area contributed by atoms with Gasteiger partial charge >= 0.3 is 6.09 Å². The summed E-state index contributed by atoms with van der Waals surface area (Å²) < 4.78 is 15.7. The second kappa shape index (κ2) is 11.4. The minimum Gasteiger partial charge on any atom is -0.494 e. The highest BCUT2D eigenvalue weighted by Crippen LogP contribution is 2.43. The van der Waals surface area contributed by atoms with Crippen LogP contribution in [0.25, 0.3) is 22.2 Å². The van der Waals surface area contributed by atoms with Crippen LogP contribution in [0.2, 0.25) is 0 Å². The number of hydrogen-bond acceptors (Lipinski definition) is 6. The molecule has 0 spiro atoms. The van der Waals surface area contributed by atoms with Gasteiger partial charge in [0.15, 0.2) is 0 Å². The predicted molar refractivity (Wildman–Crippen MR) is 154 cm³/mol. The van der Waals surface area contributed by atoms with E-state index in [2.05, 4.69) is 32.1 Å². The van der Waals surface area contributed by atoms with Gasteiger partial charge < -0.3 is 14.0 Å². The maximum absolute atomic E-state index is 12.4. The molecule has 40 heavy (non-hydrogen) atoms. The first-order chi connectivity index (χ1) is 19.2. The molecule has 1 N–H and O–H groups in total. The number of hydrogen-bond donors (Lipinski definition) is 1. The average molecular weight is 541 g/mol. The Bertz CT molecular complexity index is 1510. The fourth-order valence-electron chi connectivity index (χ4n) is 4.77. The van der Waals surface area contributed by atoms with E-state index in [1.54, 1.807) is 11.0 Å². The van der Waals surface area contributed by atoms with E-state index in [1.807, 2.05) is 64.1 Å². The molecule has 9 nitrogen and oxygen atoms in total. The fourth-order valence-corrected chi connectivity index (χ4v) is 4.77. The van der Waals surface area contributed by atoms with E-state index >= 15 is 0 Å². The number of nitrogens with zero attached hydrogens (tertiary/aromatic N) is 5. The number of aryl methyl sites for hydroxylation is 1. The topological polar surface area (TPSA) is 107 Å². The van der Waals surface area contributed by atoms with Crippen LogP contribution in [0.4, 0.5) is 10.5 Å². The molecule has 0 radical (unpaired) electrons. The third-order valence-corrected chi connectivity index (χ3v) is 7.70. The monoisotopic (exact) mass is 540 g/mol. The van der Waals surface area contributed by atoms with Crippen LogP contribution < -0.4 is 10.1 Å². The first-order valence-electron chi connectivity index (χ1n) is 13.9. The Labute approximate surface area is 234 Å². The predicted octanol–water partition coefficient (Wildman–Crippen LogP) is 6.95. The summed E-state index contributed by atoms with van der Waals surface area (Å²) in [5.41, 5.74) is 3.99. The summed E-state index contributed by atoms with van der Waals surface area (Å²) in [6.07, 6.45) is 6.64. The van der Waals surface area contributed by atoms with E-state index in [-0.39, 0.29) is 11.5 Å². The minimum absolute atomic E-state index is 0.146. The van der Waals surface area contributed by atoms with Gasteiger partial charge in [0.25, 0.3) is 0 Å². The quantitative estimate of drug-likeness (QED) is 0.230. The number of nitriles is 1. The normalized spacial score (nSPS) is 14.4. The molecule has 1 aliphatic carbocycles. The molecule has 1 amide bonds. The molecule has 4 aromatic rings. The second-order valence-corrected chi connectivity index (χ2v) is 11.4. The van der Waals surface area contributed by atoms with Crippen molar-refractivity contribution < 1.29 is 14.3 Å². The number of nitrogens with one attached hydrogen (secondary N) is 1. The number of amides is 1. The van der Waals surface area contributed by atoms with Gasteiger partial charge in [-0.1, -0.05) is 32.9 Å². The summed E-state index contributed by atoms with van der Waals surface area (Å²) in [5.74, 6) is 0.738. The van der Waals surface area contributed by atoms with Gasteiger partial charge in [-0.15, -0.1) is 0 Å². The first kappa shape index (κ1) is 27.3. The zero-order valence-corrected chi connectivity index (χ0v) is 23.6. The third kappa shape index (κ3) is 5.81. The van der Waals surface area contributed by atoms with Crippen molar-refractivity contribution in [3.63, 3.8) is 0 Å². The number of anilines is 1. The van der Waals surface area contributed by atoms with E-state index in [0.717, 1.165) is 53.7 Å². The van der Waals surface area contributed by atoms with Crippen molar-refractivity contribution in [3.8, 4) is 23.1 Å². The molecular formula is C31H36N6O3. The Morgan fingerprint density at radius 3 is 2.60 bits per heavy atom. The molecule has 2 aromatic heterocycles. The lowest BCUT2D eigenvalue weighted by Gasteiger charge is -2.30. The number of aromatic nitrogens is 4. The van der Waals surface area contributed by atoms with E-state index in [4.69, 9.17) is 9.47 Å². The number of fused-ring (bicyclic) bond motifs is 1. The molecule has 2 aromatic carbocycles. The van der Waals surface area contributed by atoms with Gasteiger partial charge in [0.2, 0.25) is 0 Å². The molecule has 0 bridgehead atoms. The van der Waals surface area contributed by atoms with Gasteiger partial charge in [0.1, 0.15) is 30.6 Å². The Hall–Kier alpha value is -4.32. The molecule has 0 aliphatic heterocycles. The van der Waals surface area contributed by atoms with Crippen LogP contribution in [0.5, 0.6) is 5.75 Å². The highest BCUT2D eigenvalue weighted by Gasteiger charge is 2.28. The van der Waals surface area contributed by atoms with E-state index in [9.17, 15) is 10.1 Å². The standard InChI is InChI=1S/C31H36N6O3/c1-21(31(2,3)4)40-30(38)35-23-11-9-22(10-12-23)29-27(18-32)26-17-25(39-16-6-15-36-20-33-19-34-36)13-14-28(26)37(29)24-7-5-8-24/h9-14,17,19-21,24H,5-8,15-16H2,1-4H3,(H,35,38). The number of ether oxygens (including phenoxy) is 2. The van der Waals surface area contributed by atoms with Gasteiger partial charge in [0, 0.05) is 30.1 Å². The summed E-state index contributed by atoms with van der Waals surface area (Å²) in [6.45, 7) is 9.25. The SMILES string of the molecule is CC(OC(=O)Nc1ccc(-c2c(C#N)c3cc(OCCCn4cncn4)ccc3n2C2CCC2)cc1)C(C)(C)C. The van der Waals surface area contributed by atoms with Crippen LogP contribution in [0.1, 0.15) is 65.0 Å². The Balaban J connectivity index is 1.38. The summed E-state index contributed by atoms with van der Waals surface area (Å²) in [6, 6.07) is 16.5. The number of benzene rings is 2. The number of rotatable bonds is 9. The molecule has 2 heterocycles. The molecular weight excluding hydrogens is 504 g/mol. The summed E-state index contributed by atoms with van der Waals surface area (Å²) in [5, 5.41) is 18.1. The zero-order valence-electron chi connectivity index (χ0n) is 23.6. The number of carbonyl (C=O) groups is 1. The molecule has 1 fully saturated rings. The average Bonchev–Trinajstić information content (AvgIpc) is 3.51. The molecule has 9 heteroatoms. The maximum Gasteiger partial charge on any atom is 0.411 e. The Kier molecular flexibility index (Phi) is 7.78. The number of carbonyl (C=O) groups excluding carboxylic acids is 1. The van der Waals surface area contributed by atoms with Crippen LogP contribution in [0.3, 0.4) is 0 Å². The van der Waals surface area contributed by atoms with Crippen molar-refractivity contribution in [2.45, 2.75) is 72.1 Å². The van der Waals surface area contributed by atoms with Crippen molar-refractivity contribution in [1.29, 1.82) is 5.26 Å². The second-order valence-electron chi connectivity index (χ2n) is 11.4. The zero-order chi connectivity index (χ0) is 28.3. The summed E-state index contributed by atoms with van der Waals surface area (Å²) >= 11 is 0. The lowest BCUT2D eigenvalue weighted by molar-refractivity contribution is 0.0528. The van der Waals surface area contributed by atoms with Crippen LogP contribution >= 0.6 is 0 Å². The first-order valence-corrected chi connectivity index (χ1v) is 13.9.